The Bertz CT molecular complexity index is 3320. The number of imidazole rings is 1. The van der Waals surface area contributed by atoms with E-state index in [0.717, 1.165) is 21.7 Å². The number of primary amides is 3. The van der Waals surface area contributed by atoms with Crippen LogP contribution in [0.15, 0.2) is 85.5 Å². The van der Waals surface area contributed by atoms with E-state index in [4.69, 9.17) is 28.3 Å². The zero-order chi connectivity index (χ0) is 63.9. The third kappa shape index (κ3) is 21.5. The van der Waals surface area contributed by atoms with E-state index in [1.165, 1.54) is 6.33 Å². The summed E-state index contributed by atoms with van der Waals surface area (Å²) in [6, 6.07) is 8.58. The number of aromatic amines is 2. The summed E-state index contributed by atoms with van der Waals surface area (Å²) in [6.07, 6.45) is 4.31. The lowest BCUT2D eigenvalue weighted by Crippen LogP contribution is -2.59. The highest BCUT2D eigenvalue weighted by Gasteiger charge is 2.35. The van der Waals surface area contributed by atoms with Crippen molar-refractivity contribution in [3.8, 4) is 0 Å². The van der Waals surface area contributed by atoms with Crippen LogP contribution >= 0.6 is 11.8 Å². The minimum atomic E-state index is -1.79. The Kier molecular flexibility index (Phi) is 25.6. The van der Waals surface area contributed by atoms with E-state index in [-0.39, 0.29) is 69.2 Å². The topological polar surface area (TPSA) is 498 Å². The average Bonchev–Trinajstić information content (AvgIpc) is 2.81. The summed E-state index contributed by atoms with van der Waals surface area (Å²) < 4.78 is 0. The van der Waals surface area contributed by atoms with Gasteiger partial charge in [-0.15, -0.1) is 0 Å². The van der Waals surface area contributed by atoms with Gasteiger partial charge >= 0.3 is 12.1 Å². The first-order chi connectivity index (χ1) is 41.3. The first-order valence-corrected chi connectivity index (χ1v) is 28.6. The molecule has 0 aliphatic heterocycles. The summed E-state index contributed by atoms with van der Waals surface area (Å²) in [4.78, 5) is 170. The normalized spacial score (nSPS) is 13.8. The molecule has 0 saturated carbocycles. The molecule has 87 heavy (non-hydrogen) atoms. The molecule has 2 heterocycles. The molecule has 31 heteroatoms. The van der Waals surface area contributed by atoms with E-state index < -0.39 is 130 Å². The van der Waals surface area contributed by atoms with Crippen molar-refractivity contribution >= 4 is 110 Å². The van der Waals surface area contributed by atoms with Crippen LogP contribution in [-0.4, -0.2) is 140 Å². The molecule has 0 unspecified atom stereocenters. The van der Waals surface area contributed by atoms with E-state index in [1.54, 1.807) is 64.4 Å². The fourth-order valence-electron chi connectivity index (χ4n) is 8.96. The number of aromatic nitrogens is 3. The highest BCUT2D eigenvalue weighted by atomic mass is 32.2. The predicted molar refractivity (Wildman–Crippen MR) is 321 cm³/mol. The summed E-state index contributed by atoms with van der Waals surface area (Å²) in [5, 5.41) is 30.7. The standard InChI is InChI=1S/C56H74N18O12S/c1-5-11-37(48(80)73-55(85)74-54(84)69-38(16-10-19-63-53(60)61)47(79)67-39(44(58)76)24-42(57)75)66-49(81)40(22-30-17-18-31-12-6-7-13-32(31)21-30)70-56(86)87-52(45(59)77)72-51(83)43(28(2)3)71-50(82)41(23-33-25-64-36-15-9-8-14-35(33)36)68-46(78)29(4)20-34-26-62-27-65-34/h6-9,12-15,17-18,21,25-29,37-41,43,52,64H,5,10-11,16,19-20,22-24H2,1-4H3,(H2,57,75)(H2,58,76)(H2,59,77)(H,62,65)(H,66,81)(H,67,79)(H,68,78)(H,70,86)(H,71,82)(H,72,83)(H4,60,61,63)(H3,69,73,74,80,84,85)/t29-,37-,38-,39-,40-,41-,43-,52-/m0/s1. The fourth-order valence-corrected chi connectivity index (χ4v) is 9.68. The molecule has 14 amide bonds. The van der Waals surface area contributed by atoms with Crippen LogP contribution in [0.1, 0.15) is 76.6 Å². The molecule has 0 bridgehead atoms. The van der Waals surface area contributed by atoms with E-state index >= 15 is 0 Å². The number of benzene rings is 3. The number of hydrogen-bond donors (Lipinski definition) is 17. The van der Waals surface area contributed by atoms with Crippen molar-refractivity contribution in [2.75, 3.05) is 6.54 Å². The number of guanidine groups is 1. The van der Waals surface area contributed by atoms with Gasteiger partial charge < -0.3 is 75.4 Å². The van der Waals surface area contributed by atoms with E-state index in [9.17, 15) is 57.5 Å². The number of amides is 14. The number of para-hydroxylation sites is 1. The molecule has 0 fully saturated rings. The number of fused-ring (bicyclic) bond motifs is 2. The monoisotopic (exact) mass is 1220 g/mol. The van der Waals surface area contributed by atoms with Gasteiger partial charge in [0.25, 0.3) is 17.1 Å². The number of imide groups is 2. The molecule has 0 aliphatic rings. The third-order valence-corrected chi connectivity index (χ3v) is 14.4. The van der Waals surface area contributed by atoms with Crippen LogP contribution < -0.4 is 76.1 Å². The molecule has 30 nitrogen and oxygen atoms in total. The predicted octanol–water partition coefficient (Wildman–Crippen LogP) is -0.630. The first-order valence-electron chi connectivity index (χ1n) is 27.7. The zero-order valence-electron chi connectivity index (χ0n) is 48.2. The second kappa shape index (κ2) is 32.8. The van der Waals surface area contributed by atoms with Gasteiger partial charge in [-0.3, -0.25) is 64.0 Å². The van der Waals surface area contributed by atoms with Crippen molar-refractivity contribution in [3.05, 3.63) is 102 Å². The highest BCUT2D eigenvalue weighted by molar-refractivity contribution is 8.14. The molecule has 0 spiro atoms. The maximum atomic E-state index is 14.3. The van der Waals surface area contributed by atoms with E-state index in [1.807, 2.05) is 53.1 Å². The second-order valence-corrected chi connectivity index (χ2v) is 21.8. The summed E-state index contributed by atoms with van der Waals surface area (Å²) in [5.41, 5.74) is 24.2. The van der Waals surface area contributed by atoms with Gasteiger partial charge in [-0.1, -0.05) is 94.8 Å². The van der Waals surface area contributed by atoms with Crippen LogP contribution in [0.5, 0.6) is 0 Å². The number of nitrogens with one attached hydrogen (secondary N) is 13. The molecule has 466 valence electrons. The Morgan fingerprint density at radius 3 is 1.91 bits per heavy atom. The molecule has 0 saturated heterocycles. The summed E-state index contributed by atoms with van der Waals surface area (Å²) in [7, 11) is 0. The minimum Gasteiger partial charge on any atom is -0.370 e. The average molecular weight is 1220 g/mol. The number of H-pyrrole nitrogens is 2. The number of rotatable bonds is 31. The number of urea groups is 2. The lowest BCUT2D eigenvalue weighted by atomic mass is 9.99. The molecule has 8 atom stereocenters. The third-order valence-electron chi connectivity index (χ3n) is 13.5. The number of carbonyl (C=O) groups excluding carboxylic acids is 12. The van der Waals surface area contributed by atoms with Crippen molar-refractivity contribution in [1.29, 1.82) is 5.41 Å². The highest BCUT2D eigenvalue weighted by Crippen LogP contribution is 2.22. The Morgan fingerprint density at radius 1 is 0.609 bits per heavy atom. The Hall–Kier alpha value is -10.1. The van der Waals surface area contributed by atoms with Gasteiger partial charge in [0.15, 0.2) is 11.3 Å². The van der Waals surface area contributed by atoms with Crippen LogP contribution in [0.25, 0.3) is 21.7 Å². The van der Waals surface area contributed by atoms with Crippen molar-refractivity contribution < 1.29 is 57.5 Å². The maximum Gasteiger partial charge on any atom is 0.329 e. The van der Waals surface area contributed by atoms with Gasteiger partial charge in [0.1, 0.15) is 36.3 Å². The van der Waals surface area contributed by atoms with Gasteiger partial charge in [0.2, 0.25) is 41.4 Å². The van der Waals surface area contributed by atoms with E-state index in [2.05, 4.69) is 57.5 Å². The van der Waals surface area contributed by atoms with Crippen molar-refractivity contribution in [2.24, 2.45) is 34.8 Å². The number of thioether (sulfide) groups is 1. The minimum absolute atomic E-state index is 0.00854. The zero-order valence-corrected chi connectivity index (χ0v) is 49.0. The Morgan fingerprint density at radius 2 is 1.25 bits per heavy atom. The van der Waals surface area contributed by atoms with Crippen molar-refractivity contribution in [1.82, 2.24) is 68.1 Å². The lowest BCUT2D eigenvalue weighted by molar-refractivity contribution is -0.134. The number of hydrogen-bond acceptors (Lipinski definition) is 15. The van der Waals surface area contributed by atoms with Gasteiger partial charge in [-0.2, -0.15) is 0 Å². The van der Waals surface area contributed by atoms with Crippen LogP contribution in [0.3, 0.4) is 0 Å². The molecule has 21 N–H and O–H groups in total. The number of nitrogens with zero attached hydrogens (tertiary/aromatic N) is 1. The summed E-state index contributed by atoms with van der Waals surface area (Å²) >= 11 is 0.211. The number of carbonyl (C=O) groups is 12. The largest absolute Gasteiger partial charge is 0.370 e. The SMILES string of the molecule is CCC[C@H](NC(=O)[C@H](Cc1ccc2ccccc2c1)NC(=O)S[C@H](NC(=O)[C@@H](NC(=O)[C@H](Cc1c[nH]c2ccccc12)NC(=O)[C@@H](C)Cc1c[nH]cn1)C(C)C)C(N)=O)C(=O)NC(=O)NC(=O)N[C@@H](CCCNC(=N)N)C(=O)N[C@@H](CC(N)=O)C(N)=O. The summed E-state index contributed by atoms with van der Waals surface area (Å²) in [5.74, 6) is -10.1. The molecule has 5 aromatic rings. The maximum absolute atomic E-state index is 14.3. The van der Waals surface area contributed by atoms with Crippen LogP contribution in [0.4, 0.5) is 14.4 Å². The van der Waals surface area contributed by atoms with Gasteiger partial charge in [0, 0.05) is 55.0 Å². The second-order valence-electron chi connectivity index (χ2n) is 20.7. The molecular weight excluding hydrogens is 1150 g/mol. The van der Waals surface area contributed by atoms with Gasteiger partial charge in [-0.25, -0.2) is 14.6 Å². The molecule has 2 aromatic heterocycles. The Balaban J connectivity index is 1.29. The first kappa shape index (κ1) is 67.7. The molecule has 5 rings (SSSR count). The van der Waals surface area contributed by atoms with Crippen molar-refractivity contribution in [2.45, 2.75) is 121 Å². The van der Waals surface area contributed by atoms with E-state index in [0.29, 0.717) is 16.8 Å². The molecule has 0 radical (unpaired) electrons. The fraction of sp³-hybridized carbons (Fsp3) is 0.393. The molecule has 0 aliphatic carbocycles. The summed E-state index contributed by atoms with van der Waals surface area (Å²) in [6.45, 7) is 6.63. The van der Waals surface area contributed by atoms with Gasteiger partial charge in [0.05, 0.1) is 18.4 Å². The van der Waals surface area contributed by atoms with Crippen LogP contribution in [0, 0.1) is 17.2 Å². The molecular formula is C56H74N18O12S. The van der Waals surface area contributed by atoms with Gasteiger partial charge in [-0.05, 0) is 64.9 Å². The number of nitrogens with two attached hydrogens (primary N) is 4. The van der Waals surface area contributed by atoms with Crippen molar-refractivity contribution in [3.63, 3.8) is 0 Å². The van der Waals surface area contributed by atoms with Crippen LogP contribution in [0.2, 0.25) is 0 Å². The molecule has 3 aromatic carbocycles. The Labute approximate surface area is 503 Å². The lowest BCUT2D eigenvalue weighted by Gasteiger charge is -2.27. The van der Waals surface area contributed by atoms with Crippen LogP contribution in [-0.2, 0) is 62.4 Å². The quantitative estimate of drug-likeness (QED) is 0.0114. The smallest absolute Gasteiger partial charge is 0.329 e.